The lowest BCUT2D eigenvalue weighted by molar-refractivity contribution is 0.160. The van der Waals surface area contributed by atoms with Crippen molar-refractivity contribution in [3.63, 3.8) is 0 Å². The van der Waals surface area contributed by atoms with Gasteiger partial charge in [-0.05, 0) is 53.6 Å². The van der Waals surface area contributed by atoms with Gasteiger partial charge in [0.05, 0.1) is 12.1 Å². The number of aliphatic hydroxyl groups excluding tert-OH is 1. The van der Waals surface area contributed by atoms with Crippen molar-refractivity contribution in [3.8, 4) is 0 Å². The third-order valence-corrected chi connectivity index (χ3v) is 5.44. The number of aliphatic hydroxyl groups is 1. The lowest BCUT2D eigenvalue weighted by Crippen LogP contribution is -2.15. The molecule has 3 aromatic carbocycles. The van der Waals surface area contributed by atoms with Gasteiger partial charge < -0.3 is 10.4 Å². The van der Waals surface area contributed by atoms with Crippen molar-refractivity contribution in [1.82, 2.24) is 0 Å². The van der Waals surface area contributed by atoms with Gasteiger partial charge in [-0.25, -0.2) is 0 Å². The van der Waals surface area contributed by atoms with E-state index < -0.39 is 6.10 Å². The van der Waals surface area contributed by atoms with Gasteiger partial charge in [0, 0.05) is 26.1 Å². The SMILES string of the molecule is OC(CC(Nc1cccc(Cl)c1)c1ccc(Br)cc1)c1ccc(Br)cc1. The highest BCUT2D eigenvalue weighted by atomic mass is 79.9. The lowest BCUT2D eigenvalue weighted by Gasteiger charge is -2.24. The van der Waals surface area contributed by atoms with Crippen LogP contribution in [0.2, 0.25) is 5.02 Å². The second-order valence-electron chi connectivity index (χ2n) is 6.06. The summed E-state index contributed by atoms with van der Waals surface area (Å²) in [4.78, 5) is 0. The van der Waals surface area contributed by atoms with E-state index in [4.69, 9.17) is 11.6 Å². The zero-order chi connectivity index (χ0) is 18.5. The van der Waals surface area contributed by atoms with E-state index in [2.05, 4.69) is 49.3 Å². The average molecular weight is 496 g/mol. The van der Waals surface area contributed by atoms with Crippen LogP contribution in [0.15, 0.2) is 81.7 Å². The fourth-order valence-corrected chi connectivity index (χ4v) is 3.52. The van der Waals surface area contributed by atoms with Crippen molar-refractivity contribution in [2.45, 2.75) is 18.6 Å². The van der Waals surface area contributed by atoms with Crippen LogP contribution in [0.3, 0.4) is 0 Å². The Bertz CT molecular complexity index is 853. The van der Waals surface area contributed by atoms with Gasteiger partial charge in [-0.2, -0.15) is 0 Å². The molecule has 0 bridgehead atoms. The Hall–Kier alpha value is -1.33. The molecule has 0 amide bonds. The molecular formula is C21H18Br2ClNO. The molecule has 2 N–H and O–H groups in total. The molecule has 0 heterocycles. The standard InChI is InChI=1S/C21H18Br2ClNO/c22-16-8-4-14(5-9-16)20(25-19-3-1-2-18(24)12-19)13-21(26)15-6-10-17(23)11-7-15/h1-12,20-21,25-26H,13H2. The topological polar surface area (TPSA) is 32.3 Å². The maximum atomic E-state index is 10.7. The summed E-state index contributed by atoms with van der Waals surface area (Å²) in [6.07, 6.45) is -0.0427. The highest BCUT2D eigenvalue weighted by Gasteiger charge is 2.18. The average Bonchev–Trinajstić information content (AvgIpc) is 2.62. The highest BCUT2D eigenvalue weighted by molar-refractivity contribution is 9.10. The summed E-state index contributed by atoms with van der Waals surface area (Å²) in [5, 5.41) is 14.9. The molecule has 2 nitrogen and oxygen atoms in total. The van der Waals surface area contributed by atoms with Crippen molar-refractivity contribution in [2.75, 3.05) is 5.32 Å². The fourth-order valence-electron chi connectivity index (χ4n) is 2.80. The molecular weight excluding hydrogens is 477 g/mol. The summed E-state index contributed by atoms with van der Waals surface area (Å²) in [7, 11) is 0. The summed E-state index contributed by atoms with van der Waals surface area (Å²) in [5.41, 5.74) is 2.92. The second kappa shape index (κ2) is 9.05. The van der Waals surface area contributed by atoms with Gasteiger partial charge in [0.15, 0.2) is 0 Å². The number of hydrogen-bond acceptors (Lipinski definition) is 2. The molecule has 26 heavy (non-hydrogen) atoms. The van der Waals surface area contributed by atoms with E-state index >= 15 is 0 Å². The van der Waals surface area contributed by atoms with Crippen LogP contribution in [0.4, 0.5) is 5.69 Å². The molecule has 0 fully saturated rings. The first kappa shape index (κ1) is 19.4. The van der Waals surface area contributed by atoms with E-state index in [1.54, 1.807) is 0 Å². The molecule has 0 radical (unpaired) electrons. The summed E-state index contributed by atoms with van der Waals surface area (Å²) >= 11 is 13.0. The largest absolute Gasteiger partial charge is 0.388 e. The minimum Gasteiger partial charge on any atom is -0.388 e. The minimum absolute atomic E-state index is 0.0554. The van der Waals surface area contributed by atoms with Crippen LogP contribution in [0.1, 0.15) is 29.7 Å². The summed E-state index contributed by atoms with van der Waals surface area (Å²) < 4.78 is 2.02. The number of rotatable bonds is 6. The summed E-state index contributed by atoms with van der Waals surface area (Å²) in [5.74, 6) is 0. The molecule has 0 saturated heterocycles. The number of anilines is 1. The van der Waals surface area contributed by atoms with Crippen LogP contribution >= 0.6 is 43.5 Å². The van der Waals surface area contributed by atoms with Crippen molar-refractivity contribution < 1.29 is 5.11 Å². The first-order valence-electron chi connectivity index (χ1n) is 8.22. The number of benzene rings is 3. The van der Waals surface area contributed by atoms with Gasteiger partial charge in [-0.1, -0.05) is 73.8 Å². The monoisotopic (exact) mass is 493 g/mol. The Balaban J connectivity index is 1.84. The van der Waals surface area contributed by atoms with Gasteiger partial charge in [0.25, 0.3) is 0 Å². The third kappa shape index (κ3) is 5.34. The van der Waals surface area contributed by atoms with Crippen molar-refractivity contribution in [1.29, 1.82) is 0 Å². The molecule has 134 valence electrons. The Morgan fingerprint density at radius 2 is 1.42 bits per heavy atom. The second-order valence-corrected chi connectivity index (χ2v) is 8.33. The van der Waals surface area contributed by atoms with Crippen LogP contribution in [0, 0.1) is 0 Å². The van der Waals surface area contributed by atoms with E-state index in [1.165, 1.54) is 0 Å². The molecule has 0 aromatic heterocycles. The van der Waals surface area contributed by atoms with Crippen LogP contribution < -0.4 is 5.32 Å². The Morgan fingerprint density at radius 3 is 2.00 bits per heavy atom. The van der Waals surface area contributed by atoms with Crippen molar-refractivity contribution >= 4 is 49.1 Å². The maximum Gasteiger partial charge on any atom is 0.0813 e. The maximum absolute atomic E-state index is 10.7. The molecule has 0 aliphatic rings. The van der Waals surface area contributed by atoms with E-state index in [9.17, 15) is 5.11 Å². The van der Waals surface area contributed by atoms with Gasteiger partial charge in [-0.3, -0.25) is 0 Å². The van der Waals surface area contributed by atoms with Gasteiger partial charge >= 0.3 is 0 Å². The summed E-state index contributed by atoms with van der Waals surface area (Å²) in [6, 6.07) is 23.5. The number of halogens is 3. The van der Waals surface area contributed by atoms with Crippen molar-refractivity contribution in [2.24, 2.45) is 0 Å². The van der Waals surface area contributed by atoms with Crippen LogP contribution in [-0.2, 0) is 0 Å². The van der Waals surface area contributed by atoms with Gasteiger partial charge in [-0.15, -0.1) is 0 Å². The quantitative estimate of drug-likeness (QED) is 0.381. The molecule has 0 aliphatic heterocycles. The molecule has 0 spiro atoms. The Labute approximate surface area is 175 Å². The van der Waals surface area contributed by atoms with Crippen LogP contribution in [-0.4, -0.2) is 5.11 Å². The van der Waals surface area contributed by atoms with Gasteiger partial charge in [0.1, 0.15) is 0 Å². The minimum atomic E-state index is -0.580. The molecule has 3 aromatic rings. The smallest absolute Gasteiger partial charge is 0.0813 e. The zero-order valence-electron chi connectivity index (χ0n) is 13.9. The van der Waals surface area contributed by atoms with Crippen LogP contribution in [0.25, 0.3) is 0 Å². The third-order valence-electron chi connectivity index (χ3n) is 4.15. The van der Waals surface area contributed by atoms with Crippen LogP contribution in [0.5, 0.6) is 0 Å². The van der Waals surface area contributed by atoms with E-state index in [-0.39, 0.29) is 6.04 Å². The highest BCUT2D eigenvalue weighted by Crippen LogP contribution is 2.31. The molecule has 0 saturated carbocycles. The normalized spacial score (nSPS) is 13.2. The van der Waals surface area contributed by atoms with E-state index in [0.29, 0.717) is 11.4 Å². The first-order chi connectivity index (χ1) is 12.5. The van der Waals surface area contributed by atoms with E-state index in [1.807, 2.05) is 60.7 Å². The fraction of sp³-hybridized carbons (Fsp3) is 0.143. The predicted molar refractivity (Wildman–Crippen MR) is 116 cm³/mol. The predicted octanol–water partition coefficient (Wildman–Crippen LogP) is 7.14. The molecule has 0 aliphatic carbocycles. The number of hydrogen-bond donors (Lipinski definition) is 2. The summed E-state index contributed by atoms with van der Waals surface area (Å²) in [6.45, 7) is 0. The molecule has 3 rings (SSSR count). The van der Waals surface area contributed by atoms with Crippen molar-refractivity contribution in [3.05, 3.63) is 97.9 Å². The molecule has 2 unspecified atom stereocenters. The number of nitrogens with one attached hydrogen (secondary N) is 1. The molecule has 2 atom stereocenters. The Kier molecular flexibility index (Phi) is 6.76. The lowest BCUT2D eigenvalue weighted by atomic mass is 9.96. The molecule has 5 heteroatoms. The zero-order valence-corrected chi connectivity index (χ0v) is 17.8. The Morgan fingerprint density at radius 1 is 0.846 bits per heavy atom. The van der Waals surface area contributed by atoms with E-state index in [0.717, 1.165) is 25.8 Å². The first-order valence-corrected chi connectivity index (χ1v) is 10.2. The van der Waals surface area contributed by atoms with Gasteiger partial charge in [0.2, 0.25) is 0 Å².